The lowest BCUT2D eigenvalue weighted by Gasteiger charge is -2.21. The highest BCUT2D eigenvalue weighted by molar-refractivity contribution is 7.18. The molecular weight excluding hydrogens is 450 g/mol. The molecular formula is C26H35N3O4S. The van der Waals surface area contributed by atoms with Gasteiger partial charge in [-0.05, 0) is 43.9 Å². The number of aryl methyl sites for hydroxylation is 1. The monoisotopic (exact) mass is 485 g/mol. The van der Waals surface area contributed by atoms with Crippen LogP contribution in [-0.2, 0) is 9.59 Å². The first-order chi connectivity index (χ1) is 16.1. The first kappa shape index (κ1) is 25.7. The quantitative estimate of drug-likeness (QED) is 0.555. The van der Waals surface area contributed by atoms with Crippen LogP contribution in [0.1, 0.15) is 73.8 Å². The normalized spacial score (nSPS) is 14.6. The zero-order valence-corrected chi connectivity index (χ0v) is 21.5. The predicted octanol–water partition coefficient (Wildman–Crippen LogP) is 4.92. The summed E-state index contributed by atoms with van der Waals surface area (Å²) < 4.78 is 5.90. The number of anilines is 1. The van der Waals surface area contributed by atoms with Crippen LogP contribution in [0.5, 0.6) is 5.75 Å². The molecule has 0 spiro atoms. The second-order valence-corrected chi connectivity index (χ2v) is 10.7. The number of hydrogen-bond donors (Lipinski definition) is 2. The summed E-state index contributed by atoms with van der Waals surface area (Å²) in [5.74, 6) is 0.293. The number of benzene rings is 1. The van der Waals surface area contributed by atoms with Gasteiger partial charge in [-0.1, -0.05) is 45.9 Å². The molecule has 2 heterocycles. The van der Waals surface area contributed by atoms with Gasteiger partial charge in [0.1, 0.15) is 5.75 Å². The maximum Gasteiger partial charge on any atom is 0.262 e. The van der Waals surface area contributed by atoms with Gasteiger partial charge in [-0.15, -0.1) is 11.3 Å². The summed E-state index contributed by atoms with van der Waals surface area (Å²) in [7, 11) is 0. The van der Waals surface area contributed by atoms with Gasteiger partial charge in [-0.25, -0.2) is 0 Å². The first-order valence-electron chi connectivity index (χ1n) is 11.8. The zero-order valence-electron chi connectivity index (χ0n) is 20.7. The molecule has 1 aromatic carbocycles. The molecule has 8 heteroatoms. The Balaban J connectivity index is 1.70. The molecule has 34 heavy (non-hydrogen) atoms. The number of hydrogen-bond acceptors (Lipinski definition) is 5. The van der Waals surface area contributed by atoms with E-state index >= 15 is 0 Å². The van der Waals surface area contributed by atoms with Gasteiger partial charge in [-0.2, -0.15) is 0 Å². The molecule has 1 saturated heterocycles. The minimum atomic E-state index is -0.520. The molecule has 184 valence electrons. The summed E-state index contributed by atoms with van der Waals surface area (Å²) >= 11 is 1.27. The van der Waals surface area contributed by atoms with Crippen LogP contribution in [0.15, 0.2) is 30.3 Å². The third kappa shape index (κ3) is 6.38. The van der Waals surface area contributed by atoms with Crippen molar-refractivity contribution in [3.8, 4) is 5.75 Å². The average molecular weight is 486 g/mol. The van der Waals surface area contributed by atoms with Gasteiger partial charge in [0.25, 0.3) is 11.8 Å². The van der Waals surface area contributed by atoms with E-state index in [0.717, 1.165) is 37.1 Å². The van der Waals surface area contributed by atoms with Gasteiger partial charge in [0.15, 0.2) is 6.61 Å². The number of likely N-dealkylation sites (tertiary alicyclic amines) is 1. The molecule has 2 aromatic rings. The van der Waals surface area contributed by atoms with Crippen LogP contribution in [0.25, 0.3) is 0 Å². The van der Waals surface area contributed by atoms with E-state index < -0.39 is 5.41 Å². The van der Waals surface area contributed by atoms with E-state index in [9.17, 15) is 14.4 Å². The number of rotatable bonds is 8. The lowest BCUT2D eigenvalue weighted by atomic mass is 9.96. The largest absolute Gasteiger partial charge is 0.483 e. The molecule has 0 bridgehead atoms. The molecule has 3 rings (SSSR count). The van der Waals surface area contributed by atoms with Crippen LogP contribution < -0.4 is 15.4 Å². The second kappa shape index (κ2) is 11.0. The van der Waals surface area contributed by atoms with Gasteiger partial charge < -0.3 is 20.3 Å². The molecule has 1 aliphatic rings. The number of carbonyl (C=O) groups is 3. The van der Waals surface area contributed by atoms with E-state index in [-0.39, 0.29) is 30.4 Å². The molecule has 1 aliphatic heterocycles. The van der Waals surface area contributed by atoms with Crippen LogP contribution in [0, 0.1) is 12.3 Å². The Morgan fingerprint density at radius 2 is 1.82 bits per heavy atom. The Morgan fingerprint density at radius 3 is 2.47 bits per heavy atom. The Morgan fingerprint density at radius 1 is 1.15 bits per heavy atom. The molecule has 1 atom stereocenters. The maximum absolute atomic E-state index is 13.1. The number of para-hydroxylation sites is 1. The highest BCUT2D eigenvalue weighted by Gasteiger charge is 2.25. The summed E-state index contributed by atoms with van der Waals surface area (Å²) in [4.78, 5) is 40.3. The molecule has 3 amide bonds. The zero-order chi connectivity index (χ0) is 24.9. The van der Waals surface area contributed by atoms with Crippen molar-refractivity contribution in [1.82, 2.24) is 10.2 Å². The van der Waals surface area contributed by atoms with Crippen LogP contribution in [-0.4, -0.2) is 42.3 Å². The Bertz CT molecular complexity index is 1030. The summed E-state index contributed by atoms with van der Waals surface area (Å²) in [5, 5.41) is 6.66. The van der Waals surface area contributed by atoms with E-state index in [1.165, 1.54) is 11.3 Å². The van der Waals surface area contributed by atoms with E-state index in [2.05, 4.69) is 10.6 Å². The average Bonchev–Trinajstić information content (AvgIpc) is 3.45. The smallest absolute Gasteiger partial charge is 0.262 e. The number of nitrogens with one attached hydrogen (secondary N) is 2. The van der Waals surface area contributed by atoms with Crippen molar-refractivity contribution in [2.75, 3.05) is 25.0 Å². The minimum Gasteiger partial charge on any atom is -0.483 e. The maximum atomic E-state index is 13.1. The summed E-state index contributed by atoms with van der Waals surface area (Å²) in [6.07, 6.45) is 2.73. The highest BCUT2D eigenvalue weighted by Crippen LogP contribution is 2.31. The highest BCUT2D eigenvalue weighted by atomic mass is 32.1. The number of ether oxygens (including phenoxy) is 1. The van der Waals surface area contributed by atoms with Gasteiger partial charge >= 0.3 is 0 Å². The minimum absolute atomic E-state index is 0.0107. The fraction of sp³-hybridized carbons (Fsp3) is 0.500. The van der Waals surface area contributed by atoms with Crippen molar-refractivity contribution >= 4 is 34.1 Å². The molecule has 7 nitrogen and oxygen atoms in total. The Hall–Kier alpha value is -2.87. The molecule has 0 aliphatic carbocycles. The Kier molecular flexibility index (Phi) is 8.36. The molecule has 1 unspecified atom stereocenters. The van der Waals surface area contributed by atoms with Gasteiger partial charge in [0.2, 0.25) is 5.91 Å². The first-order valence-corrected chi connectivity index (χ1v) is 12.6. The lowest BCUT2D eigenvalue weighted by molar-refractivity contribution is -0.132. The molecule has 1 aromatic heterocycles. The number of carbonyl (C=O) groups excluding carboxylic acids is 3. The SMILES string of the molecule is CCC(NC(=O)c1sc(NC(=O)C(C)(C)C)cc1C)c1ccccc1OCC(=O)N1CCCC1. The van der Waals surface area contributed by atoms with Crippen LogP contribution >= 0.6 is 11.3 Å². The molecule has 0 radical (unpaired) electrons. The van der Waals surface area contributed by atoms with Gasteiger partial charge in [-0.3, -0.25) is 14.4 Å². The molecule has 1 fully saturated rings. The van der Waals surface area contributed by atoms with Crippen molar-refractivity contribution in [2.45, 2.75) is 59.9 Å². The summed E-state index contributed by atoms with van der Waals surface area (Å²) in [5.41, 5.74) is 1.12. The third-order valence-corrected chi connectivity index (χ3v) is 7.01. The van der Waals surface area contributed by atoms with E-state index in [1.54, 1.807) is 0 Å². The van der Waals surface area contributed by atoms with Crippen LogP contribution in [0.2, 0.25) is 0 Å². The van der Waals surface area contributed by atoms with Crippen molar-refractivity contribution in [2.24, 2.45) is 5.41 Å². The standard InChI is InChI=1S/C26H35N3O4S/c1-6-19(18-11-7-8-12-20(18)33-16-22(30)29-13-9-10-14-29)27-24(31)23-17(2)15-21(34-23)28-25(32)26(3,4)5/h7-8,11-12,15,19H,6,9-10,13-14,16H2,1-5H3,(H,27,31)(H,28,32). The summed E-state index contributed by atoms with van der Waals surface area (Å²) in [6, 6.07) is 9.06. The van der Waals surface area contributed by atoms with Crippen molar-refractivity contribution < 1.29 is 19.1 Å². The predicted molar refractivity (Wildman–Crippen MR) is 135 cm³/mol. The van der Waals surface area contributed by atoms with Crippen LogP contribution in [0.4, 0.5) is 5.00 Å². The fourth-order valence-electron chi connectivity index (χ4n) is 3.79. The third-order valence-electron chi connectivity index (χ3n) is 5.86. The number of amides is 3. The number of thiophene rings is 1. The number of nitrogens with zero attached hydrogens (tertiary/aromatic N) is 1. The molecule has 2 N–H and O–H groups in total. The Labute approximate surface area is 205 Å². The van der Waals surface area contributed by atoms with Gasteiger partial charge in [0.05, 0.1) is 15.9 Å². The van der Waals surface area contributed by atoms with Crippen molar-refractivity contribution in [1.29, 1.82) is 0 Å². The van der Waals surface area contributed by atoms with Crippen molar-refractivity contribution in [3.63, 3.8) is 0 Å². The van der Waals surface area contributed by atoms with Crippen LogP contribution in [0.3, 0.4) is 0 Å². The lowest BCUT2D eigenvalue weighted by Crippen LogP contribution is -2.32. The van der Waals surface area contributed by atoms with E-state index in [1.807, 2.05) is 69.9 Å². The molecule has 0 saturated carbocycles. The van der Waals surface area contributed by atoms with Crippen molar-refractivity contribution in [3.05, 3.63) is 46.3 Å². The van der Waals surface area contributed by atoms with E-state index in [4.69, 9.17) is 4.74 Å². The van der Waals surface area contributed by atoms with Gasteiger partial charge in [0, 0.05) is 24.1 Å². The second-order valence-electron chi connectivity index (χ2n) is 9.68. The van der Waals surface area contributed by atoms with E-state index in [0.29, 0.717) is 22.0 Å². The summed E-state index contributed by atoms with van der Waals surface area (Å²) in [6.45, 7) is 11.0. The fourth-order valence-corrected chi connectivity index (χ4v) is 4.76. The topological polar surface area (TPSA) is 87.7 Å².